The molecule has 0 aromatic heterocycles. The zero-order valence-electron chi connectivity index (χ0n) is 20.9. The normalized spacial score (nSPS) is 15.5. The number of hydroxylamine groups is 2. The smallest absolute Gasteiger partial charge is 0.433 e. The van der Waals surface area contributed by atoms with Gasteiger partial charge in [0.25, 0.3) is 0 Å². The van der Waals surface area contributed by atoms with Crippen LogP contribution < -0.4 is 0 Å². The van der Waals surface area contributed by atoms with E-state index in [1.807, 2.05) is 39.1 Å². The number of nitrogens with zero attached hydrogens (tertiary/aromatic N) is 1. The van der Waals surface area contributed by atoms with E-state index < -0.39 is 37.8 Å². The number of benzene rings is 1. The fourth-order valence-electron chi connectivity index (χ4n) is 2.77. The zero-order valence-corrected chi connectivity index (χ0v) is 21.9. The summed E-state index contributed by atoms with van der Waals surface area (Å²) in [6.07, 6.45) is -1.34. The molecule has 0 fully saturated rings. The van der Waals surface area contributed by atoms with Crippen molar-refractivity contribution in [1.29, 1.82) is 0 Å². The molecule has 8 heteroatoms. The maximum atomic E-state index is 13.2. The molecule has 0 heterocycles. The third-order valence-electron chi connectivity index (χ3n) is 5.62. The fraction of sp³-hybridized carbons (Fsp3) is 0.625. The minimum atomic E-state index is -4.41. The van der Waals surface area contributed by atoms with Crippen molar-refractivity contribution in [2.45, 2.75) is 97.3 Å². The largest absolute Gasteiger partial charge is 0.442 e. The van der Waals surface area contributed by atoms with Gasteiger partial charge in [0.05, 0.1) is 11.6 Å². The number of halogens is 3. The summed E-state index contributed by atoms with van der Waals surface area (Å²) in [4.78, 5) is 13.2. The summed E-state index contributed by atoms with van der Waals surface area (Å²) in [5.41, 5.74) is -0.790. The maximum absolute atomic E-state index is 13.2. The standard InChI is InChI=1S/C24H38F3NO3Si/c1-11-12-20(18-13-15-19(16-14-18)24(25,26)27)17(2)28(21(29)30-22(3,4)5)31-32(9,10)23(6,7)8/h11-17,20H,1-10H3/b12-11+/t17-,20+/m1/s1. The Kier molecular flexibility index (Phi) is 8.82. The van der Waals surface area contributed by atoms with E-state index in [1.165, 1.54) is 17.2 Å². The average molecular weight is 474 g/mol. The van der Waals surface area contributed by atoms with E-state index in [1.54, 1.807) is 20.8 Å². The summed E-state index contributed by atoms with van der Waals surface area (Å²) in [5.74, 6) is -0.389. The Bertz CT molecular complexity index is 791. The Labute approximate surface area is 191 Å². The molecule has 1 rings (SSSR count). The van der Waals surface area contributed by atoms with Crippen molar-refractivity contribution in [2.24, 2.45) is 0 Å². The summed E-state index contributed by atoms with van der Waals surface area (Å²) in [7, 11) is -2.42. The number of rotatable bonds is 6. The number of hydrogen-bond acceptors (Lipinski definition) is 3. The van der Waals surface area contributed by atoms with Crippen LogP contribution in [-0.2, 0) is 15.4 Å². The Hall–Kier alpha value is -1.80. The van der Waals surface area contributed by atoms with Crippen LogP contribution in [0.3, 0.4) is 0 Å². The van der Waals surface area contributed by atoms with Gasteiger partial charge in [-0.2, -0.15) is 18.2 Å². The molecule has 2 atom stereocenters. The van der Waals surface area contributed by atoms with E-state index >= 15 is 0 Å². The van der Waals surface area contributed by atoms with Crippen molar-refractivity contribution in [3.63, 3.8) is 0 Å². The zero-order chi connectivity index (χ0) is 25.1. The van der Waals surface area contributed by atoms with Gasteiger partial charge in [-0.25, -0.2) is 4.79 Å². The lowest BCUT2D eigenvalue weighted by atomic mass is 9.91. The van der Waals surface area contributed by atoms with Gasteiger partial charge < -0.3 is 9.26 Å². The minimum Gasteiger partial charge on any atom is -0.442 e. The first-order valence-electron chi connectivity index (χ1n) is 10.8. The molecular weight excluding hydrogens is 435 g/mol. The molecule has 0 radical (unpaired) electrons. The Morgan fingerprint density at radius 3 is 1.91 bits per heavy atom. The van der Waals surface area contributed by atoms with Gasteiger partial charge in [-0.05, 0) is 70.4 Å². The second-order valence-electron chi connectivity index (χ2n) is 10.6. The highest BCUT2D eigenvalue weighted by Gasteiger charge is 2.44. The van der Waals surface area contributed by atoms with Gasteiger partial charge in [0.15, 0.2) is 0 Å². The highest BCUT2D eigenvalue weighted by atomic mass is 28.4. The van der Waals surface area contributed by atoms with Crippen LogP contribution in [0.5, 0.6) is 0 Å². The summed E-state index contributed by atoms with van der Waals surface area (Å²) < 4.78 is 51.1. The van der Waals surface area contributed by atoms with Gasteiger partial charge in [-0.1, -0.05) is 45.1 Å². The highest BCUT2D eigenvalue weighted by Crippen LogP contribution is 2.39. The first-order chi connectivity index (χ1) is 14.3. The third-order valence-corrected chi connectivity index (χ3v) is 9.88. The molecule has 1 aromatic rings. The van der Waals surface area contributed by atoms with Gasteiger partial charge in [-0.15, -0.1) is 0 Å². The lowest BCUT2D eigenvalue weighted by Gasteiger charge is -2.43. The van der Waals surface area contributed by atoms with Gasteiger partial charge in [0.1, 0.15) is 5.60 Å². The summed E-state index contributed by atoms with van der Waals surface area (Å²) in [6, 6.07) is 4.50. The van der Waals surface area contributed by atoms with Crippen molar-refractivity contribution >= 4 is 14.4 Å². The number of carbonyl (C=O) groups excluding carboxylic acids is 1. The number of allylic oxidation sites excluding steroid dienone is 1. The highest BCUT2D eigenvalue weighted by molar-refractivity contribution is 6.74. The van der Waals surface area contributed by atoms with E-state index in [2.05, 4.69) is 20.8 Å². The molecule has 0 spiro atoms. The molecule has 0 saturated heterocycles. The van der Waals surface area contributed by atoms with Crippen molar-refractivity contribution < 1.29 is 27.2 Å². The van der Waals surface area contributed by atoms with Crippen LogP contribution in [0.2, 0.25) is 18.1 Å². The van der Waals surface area contributed by atoms with Gasteiger partial charge in [0.2, 0.25) is 8.32 Å². The Balaban J connectivity index is 3.42. The molecule has 182 valence electrons. The molecule has 0 bridgehead atoms. The molecule has 0 aliphatic carbocycles. The predicted molar refractivity (Wildman–Crippen MR) is 125 cm³/mol. The lowest BCUT2D eigenvalue weighted by Crippen LogP contribution is -2.53. The van der Waals surface area contributed by atoms with Crippen LogP contribution in [0.15, 0.2) is 36.4 Å². The van der Waals surface area contributed by atoms with E-state index in [0.717, 1.165) is 12.1 Å². The molecule has 0 saturated carbocycles. The van der Waals surface area contributed by atoms with Crippen LogP contribution in [0.4, 0.5) is 18.0 Å². The second-order valence-corrected chi connectivity index (χ2v) is 15.3. The number of amides is 1. The number of hydrogen-bond donors (Lipinski definition) is 0. The molecule has 4 nitrogen and oxygen atoms in total. The van der Waals surface area contributed by atoms with E-state index in [-0.39, 0.29) is 11.0 Å². The quantitative estimate of drug-likeness (QED) is 0.239. The number of alkyl halides is 3. The Morgan fingerprint density at radius 2 is 1.53 bits per heavy atom. The predicted octanol–water partition coefficient (Wildman–Crippen LogP) is 7.93. The molecule has 1 aromatic carbocycles. The summed E-state index contributed by atoms with van der Waals surface area (Å²) in [5, 5.41) is 1.11. The van der Waals surface area contributed by atoms with Gasteiger partial charge in [0, 0.05) is 5.92 Å². The number of carbonyl (C=O) groups is 1. The fourth-order valence-corrected chi connectivity index (χ4v) is 3.78. The summed E-state index contributed by atoms with van der Waals surface area (Å²) >= 11 is 0. The van der Waals surface area contributed by atoms with Crippen LogP contribution in [0.1, 0.15) is 72.4 Å². The van der Waals surface area contributed by atoms with E-state index in [0.29, 0.717) is 5.56 Å². The minimum absolute atomic E-state index is 0.169. The van der Waals surface area contributed by atoms with E-state index in [9.17, 15) is 18.0 Å². The molecule has 1 amide bonds. The molecule has 0 N–H and O–H groups in total. The third kappa shape index (κ3) is 7.66. The van der Waals surface area contributed by atoms with Crippen molar-refractivity contribution in [3.8, 4) is 0 Å². The monoisotopic (exact) mass is 473 g/mol. The van der Waals surface area contributed by atoms with Crippen molar-refractivity contribution in [3.05, 3.63) is 47.5 Å². The molecule has 0 aliphatic heterocycles. The van der Waals surface area contributed by atoms with E-state index in [4.69, 9.17) is 9.26 Å². The Morgan fingerprint density at radius 1 is 1.03 bits per heavy atom. The van der Waals surface area contributed by atoms with Crippen LogP contribution in [0, 0.1) is 0 Å². The molecule has 0 aliphatic rings. The molecule has 32 heavy (non-hydrogen) atoms. The van der Waals surface area contributed by atoms with Gasteiger partial charge >= 0.3 is 12.3 Å². The second kappa shape index (κ2) is 9.99. The number of ether oxygens (including phenoxy) is 1. The maximum Gasteiger partial charge on any atom is 0.433 e. The van der Waals surface area contributed by atoms with Crippen LogP contribution >= 0.6 is 0 Å². The van der Waals surface area contributed by atoms with Crippen LogP contribution in [0.25, 0.3) is 0 Å². The van der Waals surface area contributed by atoms with Crippen LogP contribution in [-0.4, -0.2) is 31.1 Å². The SMILES string of the molecule is C/C=C/[C@H](c1ccc(C(F)(F)F)cc1)[C@@H](C)N(O[Si](C)(C)C(C)(C)C)C(=O)OC(C)(C)C. The molecular formula is C24H38F3NO3Si. The first-order valence-corrected chi connectivity index (χ1v) is 13.7. The average Bonchev–Trinajstić information content (AvgIpc) is 2.60. The van der Waals surface area contributed by atoms with Gasteiger partial charge in [-0.3, -0.25) is 0 Å². The first kappa shape index (κ1) is 28.2. The van der Waals surface area contributed by atoms with Crippen molar-refractivity contribution in [1.82, 2.24) is 5.06 Å². The molecule has 0 unspecified atom stereocenters. The topological polar surface area (TPSA) is 38.8 Å². The summed E-state index contributed by atoms with van der Waals surface area (Å²) in [6.45, 7) is 19.2. The lowest BCUT2D eigenvalue weighted by molar-refractivity contribution is -0.137. The van der Waals surface area contributed by atoms with Crippen molar-refractivity contribution in [2.75, 3.05) is 0 Å².